The maximum atomic E-state index is 11.8. The Balaban J connectivity index is 2.14. The van der Waals surface area contributed by atoms with Gasteiger partial charge in [-0.15, -0.1) is 0 Å². The summed E-state index contributed by atoms with van der Waals surface area (Å²) in [6, 6.07) is 0. The molecule has 0 saturated carbocycles. The summed E-state index contributed by atoms with van der Waals surface area (Å²) in [6.07, 6.45) is 1.15. The molecule has 0 N–H and O–H groups in total. The highest BCUT2D eigenvalue weighted by atomic mass is 19.1. The SMILES string of the molecule is CCC1COC(CCF)OC1. The van der Waals surface area contributed by atoms with Crippen LogP contribution in [0.2, 0.25) is 0 Å². The number of ether oxygens (including phenoxy) is 2. The van der Waals surface area contributed by atoms with Gasteiger partial charge in [0, 0.05) is 12.3 Å². The molecule has 0 radical (unpaired) electrons. The number of rotatable bonds is 3. The fourth-order valence-corrected chi connectivity index (χ4v) is 1.07. The third-order valence-electron chi connectivity index (χ3n) is 1.96. The van der Waals surface area contributed by atoms with E-state index >= 15 is 0 Å². The lowest BCUT2D eigenvalue weighted by Gasteiger charge is -2.28. The number of halogens is 1. The maximum absolute atomic E-state index is 11.8. The Labute approximate surface area is 66.7 Å². The molecule has 0 bridgehead atoms. The Hall–Kier alpha value is -0.150. The van der Waals surface area contributed by atoms with E-state index in [9.17, 15) is 4.39 Å². The second-order valence-electron chi connectivity index (χ2n) is 2.85. The molecule has 0 spiro atoms. The first-order valence-corrected chi connectivity index (χ1v) is 4.16. The van der Waals surface area contributed by atoms with Crippen molar-refractivity contribution in [3.8, 4) is 0 Å². The molecular weight excluding hydrogens is 147 g/mol. The van der Waals surface area contributed by atoms with Crippen LogP contribution in [0.4, 0.5) is 4.39 Å². The molecular formula is C8H15FO2. The van der Waals surface area contributed by atoms with Crippen LogP contribution in [0.5, 0.6) is 0 Å². The average Bonchev–Trinajstić information content (AvgIpc) is 2.07. The summed E-state index contributed by atoms with van der Waals surface area (Å²) in [7, 11) is 0. The van der Waals surface area contributed by atoms with Crippen molar-refractivity contribution in [2.24, 2.45) is 5.92 Å². The summed E-state index contributed by atoms with van der Waals surface area (Å²) in [5.41, 5.74) is 0. The molecule has 0 aromatic carbocycles. The molecule has 11 heavy (non-hydrogen) atoms. The molecule has 1 aliphatic rings. The minimum atomic E-state index is -0.360. The predicted molar refractivity (Wildman–Crippen MR) is 40.1 cm³/mol. The summed E-state index contributed by atoms with van der Waals surface area (Å²) in [4.78, 5) is 0. The van der Waals surface area contributed by atoms with E-state index in [1.807, 2.05) is 0 Å². The van der Waals surface area contributed by atoms with Crippen LogP contribution in [0.3, 0.4) is 0 Å². The molecule has 1 rings (SSSR count). The van der Waals surface area contributed by atoms with Crippen LogP contribution in [0.25, 0.3) is 0 Å². The van der Waals surface area contributed by atoms with Gasteiger partial charge in [0.1, 0.15) is 0 Å². The molecule has 0 unspecified atom stereocenters. The predicted octanol–water partition coefficient (Wildman–Crippen LogP) is 1.75. The molecule has 1 fully saturated rings. The van der Waals surface area contributed by atoms with Crippen molar-refractivity contribution >= 4 is 0 Å². The van der Waals surface area contributed by atoms with Crippen LogP contribution in [-0.4, -0.2) is 26.2 Å². The maximum Gasteiger partial charge on any atom is 0.160 e. The molecule has 1 saturated heterocycles. The van der Waals surface area contributed by atoms with Gasteiger partial charge in [-0.2, -0.15) is 0 Å². The molecule has 0 atom stereocenters. The van der Waals surface area contributed by atoms with E-state index in [1.165, 1.54) is 0 Å². The fourth-order valence-electron chi connectivity index (χ4n) is 1.07. The Morgan fingerprint density at radius 3 is 2.45 bits per heavy atom. The summed E-state index contributed by atoms with van der Waals surface area (Å²) in [5, 5.41) is 0. The van der Waals surface area contributed by atoms with E-state index in [1.54, 1.807) is 0 Å². The highest BCUT2D eigenvalue weighted by Crippen LogP contribution is 2.15. The number of hydrogen-bond acceptors (Lipinski definition) is 2. The van der Waals surface area contributed by atoms with Gasteiger partial charge >= 0.3 is 0 Å². The first-order valence-electron chi connectivity index (χ1n) is 4.16. The Bertz CT molecular complexity index is 100. The monoisotopic (exact) mass is 162 g/mol. The van der Waals surface area contributed by atoms with Crippen LogP contribution in [0.15, 0.2) is 0 Å². The van der Waals surface area contributed by atoms with Gasteiger partial charge in [-0.1, -0.05) is 6.92 Å². The third-order valence-corrected chi connectivity index (χ3v) is 1.96. The van der Waals surface area contributed by atoms with Crippen LogP contribution in [0.1, 0.15) is 19.8 Å². The number of alkyl halides is 1. The molecule has 0 aromatic rings. The lowest BCUT2D eigenvalue weighted by Crippen LogP contribution is -2.31. The first kappa shape index (κ1) is 8.94. The first-order chi connectivity index (χ1) is 5.36. The highest BCUT2D eigenvalue weighted by Gasteiger charge is 2.20. The average molecular weight is 162 g/mol. The van der Waals surface area contributed by atoms with Crippen LogP contribution in [-0.2, 0) is 9.47 Å². The molecule has 1 heterocycles. The smallest absolute Gasteiger partial charge is 0.160 e. The lowest BCUT2D eigenvalue weighted by molar-refractivity contribution is -0.204. The summed E-state index contributed by atoms with van der Waals surface area (Å²) in [6.45, 7) is 3.19. The molecule has 1 aliphatic heterocycles. The molecule has 66 valence electrons. The fraction of sp³-hybridized carbons (Fsp3) is 1.00. The Morgan fingerprint density at radius 1 is 1.36 bits per heavy atom. The van der Waals surface area contributed by atoms with E-state index < -0.39 is 0 Å². The van der Waals surface area contributed by atoms with Gasteiger partial charge in [-0.25, -0.2) is 0 Å². The zero-order valence-electron chi connectivity index (χ0n) is 6.88. The zero-order valence-corrected chi connectivity index (χ0v) is 6.88. The normalized spacial score (nSPS) is 32.2. The molecule has 2 nitrogen and oxygen atoms in total. The summed E-state index contributed by atoms with van der Waals surface area (Å²) >= 11 is 0. The number of hydrogen-bond donors (Lipinski definition) is 0. The Kier molecular flexibility index (Phi) is 3.80. The van der Waals surface area contributed by atoms with Gasteiger partial charge in [0.25, 0.3) is 0 Å². The van der Waals surface area contributed by atoms with E-state index in [0.717, 1.165) is 19.6 Å². The van der Waals surface area contributed by atoms with Gasteiger partial charge in [0.05, 0.1) is 19.9 Å². The van der Waals surface area contributed by atoms with Gasteiger partial charge in [0.2, 0.25) is 0 Å². The van der Waals surface area contributed by atoms with Crippen molar-refractivity contribution in [2.45, 2.75) is 26.1 Å². The van der Waals surface area contributed by atoms with Gasteiger partial charge in [-0.05, 0) is 6.42 Å². The largest absolute Gasteiger partial charge is 0.352 e. The van der Waals surface area contributed by atoms with Crippen molar-refractivity contribution < 1.29 is 13.9 Å². The molecule has 0 aliphatic carbocycles. The quantitative estimate of drug-likeness (QED) is 0.629. The minimum Gasteiger partial charge on any atom is -0.352 e. The van der Waals surface area contributed by atoms with Crippen molar-refractivity contribution in [1.29, 1.82) is 0 Å². The highest BCUT2D eigenvalue weighted by molar-refractivity contribution is 4.60. The van der Waals surface area contributed by atoms with E-state index in [4.69, 9.17) is 9.47 Å². The topological polar surface area (TPSA) is 18.5 Å². The van der Waals surface area contributed by atoms with Crippen molar-refractivity contribution in [3.05, 3.63) is 0 Å². The second-order valence-corrected chi connectivity index (χ2v) is 2.85. The van der Waals surface area contributed by atoms with E-state index in [2.05, 4.69) is 6.92 Å². The van der Waals surface area contributed by atoms with E-state index in [0.29, 0.717) is 12.3 Å². The van der Waals surface area contributed by atoms with Crippen LogP contribution in [0, 0.1) is 5.92 Å². The summed E-state index contributed by atoms with van der Waals surface area (Å²) < 4.78 is 22.3. The van der Waals surface area contributed by atoms with Crippen molar-refractivity contribution in [3.63, 3.8) is 0 Å². The van der Waals surface area contributed by atoms with Crippen molar-refractivity contribution in [1.82, 2.24) is 0 Å². The molecule has 3 heteroatoms. The third kappa shape index (κ3) is 2.75. The van der Waals surface area contributed by atoms with Gasteiger partial charge in [0.15, 0.2) is 6.29 Å². The van der Waals surface area contributed by atoms with Crippen LogP contribution >= 0.6 is 0 Å². The Morgan fingerprint density at radius 2 is 2.00 bits per heavy atom. The van der Waals surface area contributed by atoms with Crippen molar-refractivity contribution in [2.75, 3.05) is 19.9 Å². The lowest BCUT2D eigenvalue weighted by atomic mass is 10.1. The standard InChI is InChI=1S/C8H15FO2/c1-2-7-5-10-8(3-4-9)11-6-7/h7-8H,2-6H2,1H3. The second kappa shape index (κ2) is 4.67. The molecule has 0 amide bonds. The zero-order chi connectivity index (χ0) is 8.10. The van der Waals surface area contributed by atoms with Gasteiger partial charge < -0.3 is 9.47 Å². The van der Waals surface area contributed by atoms with E-state index in [-0.39, 0.29) is 13.0 Å². The summed E-state index contributed by atoms with van der Waals surface area (Å²) in [5.74, 6) is 0.505. The van der Waals surface area contributed by atoms with Crippen LogP contribution < -0.4 is 0 Å². The van der Waals surface area contributed by atoms with Gasteiger partial charge in [-0.3, -0.25) is 4.39 Å². The molecule has 0 aromatic heterocycles. The minimum absolute atomic E-state index is 0.289.